The molecule has 1 amide bonds. The van der Waals surface area contributed by atoms with Crippen LogP contribution in [0.2, 0.25) is 0 Å². The molecule has 2 aromatic rings. The minimum atomic E-state index is -0.137. The summed E-state index contributed by atoms with van der Waals surface area (Å²) >= 11 is 0. The number of hydrogen-bond acceptors (Lipinski definition) is 4. The van der Waals surface area contributed by atoms with E-state index >= 15 is 0 Å². The molecule has 26 heavy (non-hydrogen) atoms. The van der Waals surface area contributed by atoms with Gasteiger partial charge in [0.05, 0.1) is 0 Å². The van der Waals surface area contributed by atoms with Gasteiger partial charge in [-0.15, -0.1) is 0 Å². The van der Waals surface area contributed by atoms with Gasteiger partial charge in [-0.1, -0.05) is 36.6 Å². The van der Waals surface area contributed by atoms with Crippen LogP contribution >= 0.6 is 0 Å². The van der Waals surface area contributed by atoms with E-state index in [0.717, 1.165) is 30.0 Å². The van der Waals surface area contributed by atoms with Crippen LogP contribution in [0.4, 0.5) is 5.82 Å². The van der Waals surface area contributed by atoms with Gasteiger partial charge in [0, 0.05) is 25.8 Å². The fourth-order valence-electron chi connectivity index (χ4n) is 3.04. The highest BCUT2D eigenvalue weighted by molar-refractivity contribution is 5.77. The van der Waals surface area contributed by atoms with Crippen LogP contribution in [0.5, 0.6) is 5.75 Å². The van der Waals surface area contributed by atoms with Crippen molar-refractivity contribution in [3.05, 3.63) is 53.7 Å². The molecule has 0 saturated carbocycles. The van der Waals surface area contributed by atoms with Crippen molar-refractivity contribution in [2.24, 2.45) is 0 Å². The van der Waals surface area contributed by atoms with Gasteiger partial charge in [-0.05, 0) is 43.5 Å². The molecule has 5 heteroatoms. The van der Waals surface area contributed by atoms with E-state index in [-0.39, 0.29) is 12.5 Å². The standard InChI is InChI=1S/C21H27N3O2/c1-17-6-9-19(10-7-17)26-16-21(25)23-15-18-8-11-20(22-14-18)24-12-4-2-3-5-13-24/h6-11,14H,2-5,12-13,15-16H2,1H3,(H,23,25). The van der Waals surface area contributed by atoms with E-state index in [2.05, 4.69) is 21.3 Å². The fraction of sp³-hybridized carbons (Fsp3) is 0.429. The molecule has 1 N–H and O–H groups in total. The zero-order chi connectivity index (χ0) is 18.2. The van der Waals surface area contributed by atoms with Gasteiger partial charge in [-0.3, -0.25) is 4.79 Å². The highest BCUT2D eigenvalue weighted by Crippen LogP contribution is 2.17. The van der Waals surface area contributed by atoms with Gasteiger partial charge in [-0.25, -0.2) is 4.98 Å². The largest absolute Gasteiger partial charge is 0.484 e. The van der Waals surface area contributed by atoms with E-state index in [1.54, 1.807) is 0 Å². The molecule has 1 saturated heterocycles. The first-order valence-electron chi connectivity index (χ1n) is 9.37. The van der Waals surface area contributed by atoms with Crippen molar-refractivity contribution in [2.75, 3.05) is 24.6 Å². The van der Waals surface area contributed by atoms with Crippen molar-refractivity contribution < 1.29 is 9.53 Å². The van der Waals surface area contributed by atoms with Gasteiger partial charge in [0.25, 0.3) is 5.91 Å². The molecule has 1 aromatic heterocycles. The number of aromatic nitrogens is 1. The number of pyridine rings is 1. The van der Waals surface area contributed by atoms with E-state index in [1.165, 1.54) is 25.7 Å². The number of carbonyl (C=O) groups is 1. The average molecular weight is 353 g/mol. The Bertz CT molecular complexity index is 690. The SMILES string of the molecule is Cc1ccc(OCC(=O)NCc2ccc(N3CCCCCC3)nc2)cc1. The molecule has 0 spiro atoms. The van der Waals surface area contributed by atoms with Crippen molar-refractivity contribution in [1.82, 2.24) is 10.3 Å². The third-order valence-electron chi connectivity index (χ3n) is 4.62. The monoisotopic (exact) mass is 353 g/mol. The van der Waals surface area contributed by atoms with Crippen LogP contribution in [0.25, 0.3) is 0 Å². The summed E-state index contributed by atoms with van der Waals surface area (Å²) in [6, 6.07) is 11.8. The Labute approximate surface area is 155 Å². The van der Waals surface area contributed by atoms with Crippen molar-refractivity contribution >= 4 is 11.7 Å². The maximum absolute atomic E-state index is 11.9. The molecule has 1 aliphatic heterocycles. The van der Waals surface area contributed by atoms with Crippen LogP contribution in [0.15, 0.2) is 42.6 Å². The van der Waals surface area contributed by atoms with Crippen LogP contribution < -0.4 is 15.0 Å². The average Bonchev–Trinajstić information content (AvgIpc) is 2.96. The van der Waals surface area contributed by atoms with Crippen molar-refractivity contribution in [3.63, 3.8) is 0 Å². The van der Waals surface area contributed by atoms with Gasteiger partial charge in [0.1, 0.15) is 11.6 Å². The van der Waals surface area contributed by atoms with Crippen LogP contribution in [-0.2, 0) is 11.3 Å². The fourth-order valence-corrected chi connectivity index (χ4v) is 3.04. The second-order valence-electron chi connectivity index (χ2n) is 6.80. The van der Waals surface area contributed by atoms with Crippen molar-refractivity contribution in [1.29, 1.82) is 0 Å². The molecule has 3 rings (SSSR count). The maximum atomic E-state index is 11.9. The maximum Gasteiger partial charge on any atom is 0.258 e. The normalized spacial score (nSPS) is 14.6. The number of aryl methyl sites for hydroxylation is 1. The first kappa shape index (κ1) is 18.2. The van der Waals surface area contributed by atoms with Crippen molar-refractivity contribution in [3.8, 4) is 5.75 Å². The van der Waals surface area contributed by atoms with Crippen molar-refractivity contribution in [2.45, 2.75) is 39.2 Å². The molecule has 0 radical (unpaired) electrons. The number of ether oxygens (including phenoxy) is 1. The molecule has 1 aliphatic rings. The minimum absolute atomic E-state index is 0.0162. The van der Waals surface area contributed by atoms with Crippen LogP contribution in [0, 0.1) is 6.92 Å². The second kappa shape index (κ2) is 9.22. The minimum Gasteiger partial charge on any atom is -0.484 e. The lowest BCUT2D eigenvalue weighted by atomic mass is 10.2. The molecule has 0 bridgehead atoms. The lowest BCUT2D eigenvalue weighted by molar-refractivity contribution is -0.123. The van der Waals surface area contributed by atoms with E-state index < -0.39 is 0 Å². The molecule has 2 heterocycles. The smallest absolute Gasteiger partial charge is 0.258 e. The zero-order valence-corrected chi connectivity index (χ0v) is 15.4. The Morgan fingerprint density at radius 2 is 1.81 bits per heavy atom. The van der Waals surface area contributed by atoms with Gasteiger partial charge >= 0.3 is 0 Å². The molecule has 138 valence electrons. The summed E-state index contributed by atoms with van der Waals surface area (Å²) in [7, 11) is 0. The summed E-state index contributed by atoms with van der Waals surface area (Å²) in [4.78, 5) is 18.9. The molecular weight excluding hydrogens is 326 g/mol. The molecule has 1 aromatic carbocycles. The molecular formula is C21H27N3O2. The van der Waals surface area contributed by atoms with E-state index in [9.17, 15) is 4.79 Å². The summed E-state index contributed by atoms with van der Waals surface area (Å²) in [5.74, 6) is 1.60. The van der Waals surface area contributed by atoms with E-state index in [4.69, 9.17) is 4.74 Å². The number of nitrogens with zero attached hydrogens (tertiary/aromatic N) is 2. The molecule has 5 nitrogen and oxygen atoms in total. The van der Waals surface area contributed by atoms with E-state index in [0.29, 0.717) is 12.3 Å². The highest BCUT2D eigenvalue weighted by atomic mass is 16.5. The van der Waals surface area contributed by atoms with Crippen LogP contribution in [-0.4, -0.2) is 30.6 Å². The van der Waals surface area contributed by atoms with Crippen LogP contribution in [0.3, 0.4) is 0 Å². The molecule has 0 atom stereocenters. The highest BCUT2D eigenvalue weighted by Gasteiger charge is 2.11. The number of nitrogens with one attached hydrogen (secondary N) is 1. The number of rotatable bonds is 6. The number of carbonyl (C=O) groups excluding carboxylic acids is 1. The van der Waals surface area contributed by atoms with Gasteiger partial charge in [-0.2, -0.15) is 0 Å². The number of amides is 1. The first-order chi connectivity index (χ1) is 12.7. The van der Waals surface area contributed by atoms with E-state index in [1.807, 2.05) is 43.5 Å². The summed E-state index contributed by atoms with van der Waals surface area (Å²) < 4.78 is 5.49. The quantitative estimate of drug-likeness (QED) is 0.864. The topological polar surface area (TPSA) is 54.5 Å². The Morgan fingerprint density at radius 3 is 2.46 bits per heavy atom. The van der Waals surface area contributed by atoms with Gasteiger partial charge in [0.2, 0.25) is 0 Å². The number of hydrogen-bond donors (Lipinski definition) is 1. The summed E-state index contributed by atoms with van der Waals surface area (Å²) in [6.07, 6.45) is 6.94. The number of benzene rings is 1. The van der Waals surface area contributed by atoms with Gasteiger partial charge < -0.3 is 15.0 Å². The lowest BCUT2D eigenvalue weighted by Crippen LogP contribution is -2.28. The summed E-state index contributed by atoms with van der Waals surface area (Å²) in [6.45, 7) is 4.66. The predicted octanol–water partition coefficient (Wildman–Crippen LogP) is 3.47. The first-order valence-corrected chi connectivity index (χ1v) is 9.37. The third kappa shape index (κ3) is 5.48. The number of anilines is 1. The molecule has 1 fully saturated rings. The Kier molecular flexibility index (Phi) is 6.47. The molecule has 0 aliphatic carbocycles. The third-order valence-corrected chi connectivity index (χ3v) is 4.62. The predicted molar refractivity (Wildman–Crippen MR) is 103 cm³/mol. The summed E-state index contributed by atoms with van der Waals surface area (Å²) in [5.41, 5.74) is 2.16. The lowest BCUT2D eigenvalue weighted by Gasteiger charge is -2.21. The second-order valence-corrected chi connectivity index (χ2v) is 6.80. The van der Waals surface area contributed by atoms with Crippen LogP contribution in [0.1, 0.15) is 36.8 Å². The Balaban J connectivity index is 1.43. The van der Waals surface area contributed by atoms with Gasteiger partial charge in [0.15, 0.2) is 6.61 Å². The zero-order valence-electron chi connectivity index (χ0n) is 15.4. The Morgan fingerprint density at radius 1 is 1.08 bits per heavy atom. The summed E-state index contributed by atoms with van der Waals surface area (Å²) in [5, 5.41) is 2.87. The Hall–Kier alpha value is -2.56. The molecule has 0 unspecified atom stereocenters.